The fourth-order valence-corrected chi connectivity index (χ4v) is 4.30. The fourth-order valence-electron chi connectivity index (χ4n) is 3.33. The third-order valence-corrected chi connectivity index (χ3v) is 5.97. The summed E-state index contributed by atoms with van der Waals surface area (Å²) < 4.78 is 5.29. The zero-order valence-corrected chi connectivity index (χ0v) is 17.0. The van der Waals surface area contributed by atoms with Gasteiger partial charge in [-0.25, -0.2) is 4.98 Å². The van der Waals surface area contributed by atoms with Crippen LogP contribution in [0.4, 0.5) is 5.69 Å². The van der Waals surface area contributed by atoms with Gasteiger partial charge in [0, 0.05) is 29.1 Å². The topological polar surface area (TPSA) is 42.4 Å². The molecule has 0 radical (unpaired) electrons. The van der Waals surface area contributed by atoms with Crippen molar-refractivity contribution in [1.29, 1.82) is 0 Å². The number of thiophene rings is 1. The molecule has 0 spiro atoms. The molecule has 0 N–H and O–H groups in total. The maximum Gasteiger partial charge on any atom is 0.268 e. The molecule has 0 saturated heterocycles. The molecule has 28 heavy (non-hydrogen) atoms. The molecule has 0 atom stereocenters. The van der Waals surface area contributed by atoms with E-state index in [-0.39, 0.29) is 5.91 Å². The molecule has 2 aromatic carbocycles. The van der Waals surface area contributed by atoms with Crippen molar-refractivity contribution in [3.8, 4) is 5.75 Å². The summed E-state index contributed by atoms with van der Waals surface area (Å²) in [6, 6.07) is 18.1. The average molecular weight is 391 g/mol. The Morgan fingerprint density at radius 2 is 1.82 bits per heavy atom. The van der Waals surface area contributed by atoms with Gasteiger partial charge in [0.1, 0.15) is 10.6 Å². The smallest absolute Gasteiger partial charge is 0.268 e. The number of methoxy groups -OCH3 is 1. The Balaban J connectivity index is 1.71. The monoisotopic (exact) mass is 390 g/mol. The molecule has 4 aromatic rings. The molecule has 0 aliphatic rings. The van der Waals surface area contributed by atoms with Crippen LogP contribution in [0.15, 0.2) is 54.6 Å². The van der Waals surface area contributed by atoms with Gasteiger partial charge >= 0.3 is 0 Å². The summed E-state index contributed by atoms with van der Waals surface area (Å²) in [5.41, 5.74) is 3.06. The van der Waals surface area contributed by atoms with E-state index in [2.05, 4.69) is 25.1 Å². The highest BCUT2D eigenvalue weighted by molar-refractivity contribution is 7.20. The predicted octanol–water partition coefficient (Wildman–Crippen LogP) is 5.69. The van der Waals surface area contributed by atoms with Crippen molar-refractivity contribution in [3.63, 3.8) is 0 Å². The van der Waals surface area contributed by atoms with Gasteiger partial charge in [-0.1, -0.05) is 19.1 Å². The van der Waals surface area contributed by atoms with Crippen LogP contribution in [0.25, 0.3) is 21.1 Å². The molecule has 0 bridgehead atoms. The minimum atomic E-state index is 0.0105. The maximum atomic E-state index is 13.2. The van der Waals surface area contributed by atoms with Gasteiger partial charge in [-0.15, -0.1) is 11.3 Å². The molecule has 0 fully saturated rings. The number of hydrogen-bond donors (Lipinski definition) is 0. The molecule has 0 saturated carbocycles. The Kier molecular flexibility index (Phi) is 5.01. The van der Waals surface area contributed by atoms with E-state index in [0.717, 1.165) is 39.0 Å². The van der Waals surface area contributed by atoms with Gasteiger partial charge < -0.3 is 9.64 Å². The lowest BCUT2D eigenvalue weighted by atomic mass is 10.1. The summed E-state index contributed by atoms with van der Waals surface area (Å²) in [5.74, 6) is 0.788. The molecule has 0 aliphatic heterocycles. The zero-order chi connectivity index (χ0) is 19.7. The third-order valence-electron chi connectivity index (χ3n) is 4.94. The fraction of sp³-hybridized carbons (Fsp3) is 0.217. The van der Waals surface area contributed by atoms with Crippen LogP contribution in [0.3, 0.4) is 0 Å². The summed E-state index contributed by atoms with van der Waals surface area (Å²) in [6.07, 6.45) is 0.987. The third kappa shape index (κ3) is 3.34. The Bertz CT molecular complexity index is 1150. The van der Waals surface area contributed by atoms with Gasteiger partial charge in [-0.3, -0.25) is 4.79 Å². The van der Waals surface area contributed by atoms with Crippen LogP contribution in [0.1, 0.15) is 29.1 Å². The van der Waals surface area contributed by atoms with Crippen LogP contribution in [0.5, 0.6) is 5.75 Å². The van der Waals surface area contributed by atoms with Crippen molar-refractivity contribution < 1.29 is 9.53 Å². The molecule has 1 amide bonds. The van der Waals surface area contributed by atoms with Crippen LogP contribution < -0.4 is 9.64 Å². The maximum absolute atomic E-state index is 13.2. The van der Waals surface area contributed by atoms with Gasteiger partial charge in [0.2, 0.25) is 0 Å². The summed E-state index contributed by atoms with van der Waals surface area (Å²) in [6.45, 7) is 4.74. The number of hydrogen-bond acceptors (Lipinski definition) is 4. The van der Waals surface area contributed by atoms with Crippen molar-refractivity contribution >= 4 is 44.1 Å². The van der Waals surface area contributed by atoms with Crippen LogP contribution in [0.2, 0.25) is 0 Å². The van der Waals surface area contributed by atoms with Gasteiger partial charge in [-0.05, 0) is 55.3 Å². The standard InChI is InChI=1S/C23H22N2O2S/c1-4-15-6-9-18(10-7-15)25(5-2)23(26)21-13-17-12-16-8-11-19(27-3)14-20(16)24-22(17)28-21/h6-14H,4-5H2,1-3H3. The second-order valence-corrected chi connectivity index (χ2v) is 7.65. The first-order chi connectivity index (χ1) is 13.6. The Morgan fingerprint density at radius 3 is 2.50 bits per heavy atom. The van der Waals surface area contributed by atoms with E-state index < -0.39 is 0 Å². The molecule has 142 valence electrons. The first-order valence-corrected chi connectivity index (χ1v) is 10.2. The number of pyridine rings is 1. The number of rotatable bonds is 5. The SMILES string of the molecule is CCc1ccc(N(CC)C(=O)c2cc3cc4ccc(OC)cc4nc3s2)cc1. The van der Waals surface area contributed by atoms with E-state index in [1.54, 1.807) is 7.11 Å². The average Bonchev–Trinajstić information content (AvgIpc) is 3.15. The zero-order valence-electron chi connectivity index (χ0n) is 16.2. The van der Waals surface area contributed by atoms with Crippen molar-refractivity contribution in [1.82, 2.24) is 4.98 Å². The lowest BCUT2D eigenvalue weighted by Crippen LogP contribution is -2.29. The van der Waals surface area contributed by atoms with Crippen molar-refractivity contribution in [2.75, 3.05) is 18.6 Å². The molecule has 0 aliphatic carbocycles. The number of aromatic nitrogens is 1. The molecule has 2 heterocycles. The van der Waals surface area contributed by atoms with E-state index >= 15 is 0 Å². The minimum Gasteiger partial charge on any atom is -0.497 e. The van der Waals surface area contributed by atoms with Crippen molar-refractivity contribution in [2.45, 2.75) is 20.3 Å². The summed E-state index contributed by atoms with van der Waals surface area (Å²) in [5, 5.41) is 2.02. The quantitative estimate of drug-likeness (QED) is 0.440. The lowest BCUT2D eigenvalue weighted by Gasteiger charge is -2.20. The highest BCUT2D eigenvalue weighted by Gasteiger charge is 2.19. The van der Waals surface area contributed by atoms with E-state index in [9.17, 15) is 4.79 Å². The van der Waals surface area contributed by atoms with Gasteiger partial charge in [0.15, 0.2) is 0 Å². The van der Waals surface area contributed by atoms with E-state index in [1.165, 1.54) is 16.9 Å². The molecule has 4 rings (SSSR count). The normalized spacial score (nSPS) is 11.1. The second kappa shape index (κ2) is 7.60. The number of carbonyl (C=O) groups excluding carboxylic acids is 1. The van der Waals surface area contributed by atoms with Crippen molar-refractivity contribution in [2.24, 2.45) is 0 Å². The minimum absolute atomic E-state index is 0.0105. The summed E-state index contributed by atoms with van der Waals surface area (Å²) in [4.78, 5) is 21.3. The number of benzene rings is 2. The summed E-state index contributed by atoms with van der Waals surface area (Å²) >= 11 is 1.44. The van der Waals surface area contributed by atoms with Gasteiger partial charge in [0.05, 0.1) is 17.5 Å². The number of fused-ring (bicyclic) bond motifs is 2. The number of nitrogens with zero attached hydrogens (tertiary/aromatic N) is 2. The highest BCUT2D eigenvalue weighted by Crippen LogP contribution is 2.30. The Labute approximate surface area is 168 Å². The number of carbonyl (C=O) groups is 1. The van der Waals surface area contributed by atoms with Crippen LogP contribution in [0, 0.1) is 0 Å². The Morgan fingerprint density at radius 1 is 1.04 bits per heavy atom. The number of amides is 1. The largest absolute Gasteiger partial charge is 0.497 e. The molecular weight excluding hydrogens is 368 g/mol. The second-order valence-electron chi connectivity index (χ2n) is 6.62. The highest BCUT2D eigenvalue weighted by atomic mass is 32.1. The number of ether oxygens (including phenoxy) is 1. The van der Waals surface area contributed by atoms with E-state index in [0.29, 0.717) is 11.4 Å². The van der Waals surface area contributed by atoms with Crippen molar-refractivity contribution in [3.05, 3.63) is 65.0 Å². The molecule has 5 heteroatoms. The van der Waals surface area contributed by atoms with Gasteiger partial charge in [0.25, 0.3) is 5.91 Å². The molecular formula is C23H22N2O2S. The van der Waals surface area contributed by atoms with Crippen LogP contribution in [-0.2, 0) is 6.42 Å². The summed E-state index contributed by atoms with van der Waals surface area (Å²) in [7, 11) is 1.65. The lowest BCUT2D eigenvalue weighted by molar-refractivity contribution is 0.0992. The molecule has 0 unspecified atom stereocenters. The molecule has 2 aromatic heterocycles. The Hall–Kier alpha value is -2.92. The van der Waals surface area contributed by atoms with Gasteiger partial charge in [-0.2, -0.15) is 0 Å². The number of anilines is 1. The van der Waals surface area contributed by atoms with E-state index in [4.69, 9.17) is 9.72 Å². The van der Waals surface area contributed by atoms with Crippen LogP contribution in [-0.4, -0.2) is 24.5 Å². The predicted molar refractivity (Wildman–Crippen MR) is 117 cm³/mol. The molecule has 4 nitrogen and oxygen atoms in total. The first-order valence-electron chi connectivity index (χ1n) is 9.42. The number of aryl methyl sites for hydroxylation is 1. The van der Waals surface area contributed by atoms with Crippen LogP contribution >= 0.6 is 11.3 Å². The first kappa shape index (κ1) is 18.4. The van der Waals surface area contributed by atoms with E-state index in [1.807, 2.05) is 48.2 Å².